The van der Waals surface area contributed by atoms with Gasteiger partial charge in [-0.1, -0.05) is 0 Å². The lowest BCUT2D eigenvalue weighted by Gasteiger charge is -1.96. The number of nitrogens with zero attached hydrogens (tertiary/aromatic N) is 1. The summed E-state index contributed by atoms with van der Waals surface area (Å²) in [6, 6.07) is 3.86. The van der Waals surface area contributed by atoms with E-state index in [9.17, 15) is 0 Å². The average Bonchev–Trinajstić information content (AvgIpc) is 2.14. The van der Waals surface area contributed by atoms with Crippen molar-refractivity contribution in [3.05, 3.63) is 24.5 Å². The van der Waals surface area contributed by atoms with Gasteiger partial charge in [-0.2, -0.15) is 0 Å². The fourth-order valence-corrected chi connectivity index (χ4v) is 0.684. The van der Waals surface area contributed by atoms with E-state index in [2.05, 4.69) is 0 Å². The first kappa shape index (κ1) is 4.46. The Kier molecular flexibility index (Phi) is 1.17. The molecule has 0 bridgehead atoms. The highest BCUT2D eigenvalue weighted by Crippen LogP contribution is 1.81. The molecule has 0 aromatic carbocycles. The zero-order chi connectivity index (χ0) is 5.11. The third kappa shape index (κ3) is 0.836. The molecule has 1 rings (SSSR count). The van der Waals surface area contributed by atoms with Crippen LogP contribution >= 0.6 is 0 Å². The summed E-state index contributed by atoms with van der Waals surface area (Å²) in [4.78, 5) is 0. The van der Waals surface area contributed by atoms with E-state index in [-0.39, 0.29) is 0 Å². The highest BCUT2D eigenvalue weighted by molar-refractivity contribution is 5.98. The Balaban J connectivity index is 2.76. The maximum absolute atomic E-state index is 4.91. The Labute approximate surface area is 45.2 Å². The molecule has 0 atom stereocenters. The van der Waals surface area contributed by atoms with Crippen LogP contribution in [0.25, 0.3) is 0 Å². The van der Waals surface area contributed by atoms with Crippen LogP contribution < -0.4 is 4.53 Å². The Hall–Kier alpha value is -0.703. The van der Waals surface area contributed by atoms with E-state index >= 15 is 0 Å². The normalized spacial score (nSPS) is 9.14. The zero-order valence-corrected chi connectivity index (χ0v) is 6.16. The lowest BCUT2D eigenvalue weighted by Crippen LogP contribution is -2.02. The van der Waals surface area contributed by atoms with Crippen LogP contribution in [0.3, 0.4) is 0 Å². The van der Waals surface area contributed by atoms with E-state index in [1.807, 2.05) is 24.5 Å². The summed E-state index contributed by atoms with van der Waals surface area (Å²) in [6.45, 7) is 0. The van der Waals surface area contributed by atoms with Crippen LogP contribution in [0.15, 0.2) is 24.5 Å². The van der Waals surface area contributed by atoms with E-state index in [1.165, 1.54) is 0 Å². The highest BCUT2D eigenvalue weighted by Gasteiger charge is 1.75. The Morgan fingerprint density at radius 3 is 2.14 bits per heavy atom. The monoisotopic (exact) mass is 113 g/mol. The van der Waals surface area contributed by atoms with Gasteiger partial charge in [0.15, 0.2) is 0 Å². The average molecular weight is 113 g/mol. The fourth-order valence-electron chi connectivity index (χ4n) is 0.440. The molecule has 0 amide bonds. The van der Waals surface area contributed by atoms with Crippen molar-refractivity contribution in [3.63, 3.8) is 0 Å². The molecule has 0 aliphatic carbocycles. The third-order valence-corrected chi connectivity index (χ3v) is 1.21. The number of aromatic nitrogens is 1. The molecule has 1 aromatic heterocycles. The van der Waals surface area contributed by atoms with Crippen LogP contribution in [-0.2, 0) is 0 Å². The summed E-state index contributed by atoms with van der Waals surface area (Å²) in [5.74, 6) is 0. The first-order valence-electron chi connectivity index (χ1n) is 2.11. The van der Waals surface area contributed by atoms with E-state index in [4.69, 9.17) is 4.53 Å². The lowest BCUT2D eigenvalue weighted by molar-refractivity contribution is 0.303. The standard InChI is InChI=1S/C4H7NOSi/c7-6-5-3-1-2-4-5/h1-4H,7H3. The first-order valence-corrected chi connectivity index (χ1v) is 2.92. The van der Waals surface area contributed by atoms with Gasteiger partial charge in [-0.15, -0.1) is 0 Å². The Morgan fingerprint density at radius 1 is 1.29 bits per heavy atom. The molecule has 0 unspecified atom stereocenters. The van der Waals surface area contributed by atoms with Gasteiger partial charge in [-0.25, -0.2) is 4.73 Å². The van der Waals surface area contributed by atoms with Crippen molar-refractivity contribution >= 4 is 10.5 Å². The van der Waals surface area contributed by atoms with Crippen LogP contribution in [0.5, 0.6) is 0 Å². The smallest absolute Gasteiger partial charge is 0.240 e. The quantitative estimate of drug-likeness (QED) is 0.435. The molecule has 0 saturated heterocycles. The molecule has 0 N–H and O–H groups in total. The SMILES string of the molecule is [SiH3]On1cccc1. The van der Waals surface area contributed by atoms with E-state index in [1.54, 1.807) is 4.73 Å². The molecule has 7 heavy (non-hydrogen) atoms. The number of rotatable bonds is 1. The third-order valence-electron chi connectivity index (χ3n) is 0.788. The largest absolute Gasteiger partial charge is 0.482 e. The van der Waals surface area contributed by atoms with Crippen molar-refractivity contribution in [2.24, 2.45) is 0 Å². The second-order valence-corrected chi connectivity index (χ2v) is 1.59. The highest BCUT2D eigenvalue weighted by atomic mass is 28.2. The van der Waals surface area contributed by atoms with Gasteiger partial charge in [-0.3, -0.25) is 0 Å². The summed E-state index contributed by atoms with van der Waals surface area (Å²) >= 11 is 0. The van der Waals surface area contributed by atoms with Crippen molar-refractivity contribution in [1.29, 1.82) is 0 Å². The molecular formula is C4H7NOSi. The topological polar surface area (TPSA) is 14.2 Å². The first-order chi connectivity index (χ1) is 3.43. The summed E-state index contributed by atoms with van der Waals surface area (Å²) in [5, 5.41) is 0. The van der Waals surface area contributed by atoms with Crippen molar-refractivity contribution in [1.82, 2.24) is 4.73 Å². The van der Waals surface area contributed by atoms with Gasteiger partial charge in [0.1, 0.15) is 0 Å². The second kappa shape index (κ2) is 1.84. The summed E-state index contributed by atoms with van der Waals surface area (Å²) in [5.41, 5.74) is 0. The molecule has 2 nitrogen and oxygen atoms in total. The maximum atomic E-state index is 4.91. The zero-order valence-electron chi connectivity index (χ0n) is 4.16. The fraction of sp³-hybridized carbons (Fsp3) is 0. The van der Waals surface area contributed by atoms with Gasteiger partial charge in [0, 0.05) is 12.4 Å². The predicted octanol–water partition coefficient (Wildman–Crippen LogP) is -0.803. The van der Waals surface area contributed by atoms with Crippen LogP contribution in [0.1, 0.15) is 0 Å². The van der Waals surface area contributed by atoms with Crippen molar-refractivity contribution in [2.75, 3.05) is 0 Å². The van der Waals surface area contributed by atoms with Crippen molar-refractivity contribution < 1.29 is 4.53 Å². The van der Waals surface area contributed by atoms with Crippen molar-refractivity contribution in [2.45, 2.75) is 0 Å². The van der Waals surface area contributed by atoms with Crippen LogP contribution in [0.2, 0.25) is 0 Å². The predicted molar refractivity (Wildman–Crippen MR) is 31.0 cm³/mol. The lowest BCUT2D eigenvalue weighted by atomic mass is 10.7. The van der Waals surface area contributed by atoms with E-state index in [0.717, 1.165) is 10.5 Å². The second-order valence-electron chi connectivity index (χ2n) is 1.23. The summed E-state index contributed by atoms with van der Waals surface area (Å²) < 4.78 is 6.60. The van der Waals surface area contributed by atoms with Crippen LogP contribution in [-0.4, -0.2) is 15.2 Å². The van der Waals surface area contributed by atoms with Crippen molar-refractivity contribution in [3.8, 4) is 0 Å². The van der Waals surface area contributed by atoms with Crippen LogP contribution in [0, 0.1) is 0 Å². The maximum Gasteiger partial charge on any atom is 0.240 e. The minimum Gasteiger partial charge on any atom is -0.482 e. The van der Waals surface area contributed by atoms with Gasteiger partial charge in [-0.05, 0) is 12.1 Å². The van der Waals surface area contributed by atoms with E-state index < -0.39 is 0 Å². The van der Waals surface area contributed by atoms with Gasteiger partial charge < -0.3 is 4.53 Å². The minimum absolute atomic E-state index is 0.755. The molecule has 0 fully saturated rings. The number of hydrogen-bond donors (Lipinski definition) is 0. The molecule has 3 heteroatoms. The molecule has 0 aliphatic rings. The van der Waals surface area contributed by atoms with Gasteiger partial charge in [0.05, 0.1) is 0 Å². The molecule has 38 valence electrons. The molecule has 0 saturated carbocycles. The summed E-state index contributed by atoms with van der Waals surface area (Å²) in [6.07, 6.45) is 3.74. The van der Waals surface area contributed by atoms with Gasteiger partial charge in [0.2, 0.25) is 10.5 Å². The number of hydrogen-bond acceptors (Lipinski definition) is 1. The molecule has 1 heterocycles. The van der Waals surface area contributed by atoms with E-state index in [0.29, 0.717) is 0 Å². The van der Waals surface area contributed by atoms with Gasteiger partial charge >= 0.3 is 0 Å². The molecule has 0 radical (unpaired) electrons. The molecule has 0 aliphatic heterocycles. The molecule has 1 aromatic rings. The minimum atomic E-state index is 0.755. The van der Waals surface area contributed by atoms with Crippen LogP contribution in [0.4, 0.5) is 0 Å². The molecule has 0 spiro atoms. The Bertz CT molecular complexity index is 126. The Morgan fingerprint density at radius 2 is 1.86 bits per heavy atom. The summed E-state index contributed by atoms with van der Waals surface area (Å²) in [7, 11) is 0.755. The van der Waals surface area contributed by atoms with Gasteiger partial charge in [0.25, 0.3) is 0 Å². The molecular weight excluding hydrogens is 106 g/mol.